The van der Waals surface area contributed by atoms with E-state index in [9.17, 15) is 0 Å². The maximum Gasteiger partial charge on any atom is 0.0695 e. The largest absolute Gasteiger partial charge is 0.383 e. The second kappa shape index (κ2) is 7.07. The average Bonchev–Trinajstić information content (AvgIpc) is 2.92. The monoisotopic (exact) mass is 259 g/mol. The highest BCUT2D eigenvalue weighted by Crippen LogP contribution is 2.21. The number of aromatic amines is 1. The molecule has 4 nitrogen and oxygen atoms in total. The van der Waals surface area contributed by atoms with Gasteiger partial charge >= 0.3 is 0 Å². The highest BCUT2D eigenvalue weighted by molar-refractivity contribution is 5.62. The van der Waals surface area contributed by atoms with Gasteiger partial charge in [-0.05, 0) is 17.5 Å². The predicted octanol–water partition coefficient (Wildman–Crippen LogP) is 2.38. The number of H-pyrrole nitrogens is 1. The van der Waals surface area contributed by atoms with Gasteiger partial charge in [0.05, 0.1) is 18.5 Å². The molecule has 0 aliphatic heterocycles. The first-order valence-corrected chi connectivity index (χ1v) is 6.66. The van der Waals surface area contributed by atoms with E-state index in [4.69, 9.17) is 4.74 Å². The third-order valence-corrected chi connectivity index (χ3v) is 3.17. The van der Waals surface area contributed by atoms with Crippen LogP contribution in [0.2, 0.25) is 0 Å². The molecule has 2 N–H and O–H groups in total. The van der Waals surface area contributed by atoms with Crippen molar-refractivity contribution in [2.45, 2.75) is 19.9 Å². The van der Waals surface area contributed by atoms with Crippen molar-refractivity contribution < 1.29 is 4.74 Å². The van der Waals surface area contributed by atoms with E-state index in [-0.39, 0.29) is 0 Å². The van der Waals surface area contributed by atoms with Gasteiger partial charge in [-0.25, -0.2) is 0 Å². The van der Waals surface area contributed by atoms with Crippen LogP contribution in [0.3, 0.4) is 0 Å². The van der Waals surface area contributed by atoms with Crippen LogP contribution in [0.25, 0.3) is 11.3 Å². The quantitative estimate of drug-likeness (QED) is 0.751. The number of nitrogens with zero attached hydrogens (tertiary/aromatic N) is 1. The van der Waals surface area contributed by atoms with Gasteiger partial charge in [0.1, 0.15) is 0 Å². The van der Waals surface area contributed by atoms with Crippen LogP contribution in [0.4, 0.5) is 0 Å². The molecule has 0 spiro atoms. The highest BCUT2D eigenvalue weighted by Gasteiger charge is 2.07. The van der Waals surface area contributed by atoms with Crippen LogP contribution in [0.15, 0.2) is 30.5 Å². The first-order valence-electron chi connectivity index (χ1n) is 6.66. The molecule has 102 valence electrons. The number of aryl methyl sites for hydroxylation is 1. The molecular formula is C15H21N3O. The summed E-state index contributed by atoms with van der Waals surface area (Å²) in [5.74, 6) is 0. The van der Waals surface area contributed by atoms with Gasteiger partial charge in [0, 0.05) is 25.8 Å². The van der Waals surface area contributed by atoms with E-state index in [1.165, 1.54) is 16.7 Å². The number of nitrogens with one attached hydrogen (secondary N) is 2. The van der Waals surface area contributed by atoms with Crippen molar-refractivity contribution in [3.63, 3.8) is 0 Å². The number of hydrogen-bond donors (Lipinski definition) is 2. The van der Waals surface area contributed by atoms with Crippen LogP contribution in [0.1, 0.15) is 18.1 Å². The van der Waals surface area contributed by atoms with Gasteiger partial charge in [0.15, 0.2) is 0 Å². The Hall–Kier alpha value is -1.65. The summed E-state index contributed by atoms with van der Waals surface area (Å²) in [6.45, 7) is 4.52. The third kappa shape index (κ3) is 3.66. The summed E-state index contributed by atoms with van der Waals surface area (Å²) >= 11 is 0. The second-order valence-corrected chi connectivity index (χ2v) is 4.49. The van der Waals surface area contributed by atoms with Crippen LogP contribution in [-0.4, -0.2) is 30.5 Å². The molecule has 0 bridgehead atoms. The number of aromatic nitrogens is 2. The van der Waals surface area contributed by atoms with Crippen molar-refractivity contribution in [1.29, 1.82) is 0 Å². The van der Waals surface area contributed by atoms with Crippen molar-refractivity contribution in [2.24, 2.45) is 0 Å². The lowest BCUT2D eigenvalue weighted by Crippen LogP contribution is -2.18. The number of rotatable bonds is 7. The SMILES string of the molecule is CCc1ccc(-c2[nH]ncc2CNCCOC)cc1. The van der Waals surface area contributed by atoms with Crippen LogP contribution in [0.5, 0.6) is 0 Å². The lowest BCUT2D eigenvalue weighted by atomic mass is 10.1. The van der Waals surface area contributed by atoms with Crippen molar-refractivity contribution in [1.82, 2.24) is 15.5 Å². The predicted molar refractivity (Wildman–Crippen MR) is 77.0 cm³/mol. The molecule has 0 atom stereocenters. The van der Waals surface area contributed by atoms with E-state index in [1.54, 1.807) is 7.11 Å². The smallest absolute Gasteiger partial charge is 0.0695 e. The molecule has 0 saturated heterocycles. The third-order valence-electron chi connectivity index (χ3n) is 3.17. The van der Waals surface area contributed by atoms with E-state index in [1.807, 2.05) is 6.20 Å². The molecule has 4 heteroatoms. The van der Waals surface area contributed by atoms with Gasteiger partial charge in [-0.15, -0.1) is 0 Å². The zero-order valence-corrected chi connectivity index (χ0v) is 11.6. The second-order valence-electron chi connectivity index (χ2n) is 4.49. The fourth-order valence-electron chi connectivity index (χ4n) is 2.00. The van der Waals surface area contributed by atoms with E-state index >= 15 is 0 Å². The lowest BCUT2D eigenvalue weighted by Gasteiger charge is -2.06. The first-order chi connectivity index (χ1) is 9.35. The van der Waals surface area contributed by atoms with Crippen LogP contribution >= 0.6 is 0 Å². The molecule has 1 aromatic heterocycles. The molecule has 0 unspecified atom stereocenters. The molecule has 2 rings (SSSR count). The summed E-state index contributed by atoms with van der Waals surface area (Å²) in [7, 11) is 1.71. The minimum atomic E-state index is 0.721. The van der Waals surface area contributed by atoms with Crippen LogP contribution in [-0.2, 0) is 17.7 Å². The maximum absolute atomic E-state index is 5.02. The van der Waals surface area contributed by atoms with Crippen molar-refractivity contribution >= 4 is 0 Å². The molecule has 2 aromatic rings. The van der Waals surface area contributed by atoms with Crippen LogP contribution in [0, 0.1) is 0 Å². The van der Waals surface area contributed by atoms with E-state index in [2.05, 4.69) is 46.7 Å². The standard InChI is InChI=1S/C15H21N3O/c1-3-12-4-6-13(7-5-12)15-14(11-17-18-15)10-16-8-9-19-2/h4-7,11,16H,3,8-10H2,1-2H3,(H,17,18). The first kappa shape index (κ1) is 13.8. The molecule has 0 amide bonds. The van der Waals surface area contributed by atoms with Crippen molar-refractivity contribution in [2.75, 3.05) is 20.3 Å². The molecule has 1 aromatic carbocycles. The number of benzene rings is 1. The minimum absolute atomic E-state index is 0.721. The number of methoxy groups -OCH3 is 1. The summed E-state index contributed by atoms with van der Waals surface area (Å²) in [5.41, 5.74) is 4.80. The summed E-state index contributed by atoms with van der Waals surface area (Å²) in [6.07, 6.45) is 2.94. The van der Waals surface area contributed by atoms with Gasteiger partial charge < -0.3 is 10.1 Å². The summed E-state index contributed by atoms with van der Waals surface area (Å²) in [4.78, 5) is 0. The summed E-state index contributed by atoms with van der Waals surface area (Å²) < 4.78 is 5.02. The molecule has 0 aliphatic rings. The molecule has 1 heterocycles. The number of ether oxygens (including phenoxy) is 1. The topological polar surface area (TPSA) is 49.9 Å². The lowest BCUT2D eigenvalue weighted by molar-refractivity contribution is 0.199. The Kier molecular flexibility index (Phi) is 5.12. The Balaban J connectivity index is 2.05. The zero-order chi connectivity index (χ0) is 13.5. The molecule has 0 saturated carbocycles. The molecule has 0 fully saturated rings. The van der Waals surface area contributed by atoms with E-state index in [0.717, 1.165) is 31.8 Å². The van der Waals surface area contributed by atoms with Crippen molar-refractivity contribution in [3.8, 4) is 11.3 Å². The highest BCUT2D eigenvalue weighted by atomic mass is 16.5. The summed E-state index contributed by atoms with van der Waals surface area (Å²) in [6, 6.07) is 8.62. The van der Waals surface area contributed by atoms with Crippen LogP contribution < -0.4 is 5.32 Å². The van der Waals surface area contributed by atoms with Gasteiger partial charge in [0.25, 0.3) is 0 Å². The average molecular weight is 259 g/mol. The van der Waals surface area contributed by atoms with Crippen molar-refractivity contribution in [3.05, 3.63) is 41.6 Å². The molecule has 19 heavy (non-hydrogen) atoms. The molecule has 0 radical (unpaired) electrons. The minimum Gasteiger partial charge on any atom is -0.383 e. The Morgan fingerprint density at radius 1 is 1.26 bits per heavy atom. The molecule has 0 aliphatic carbocycles. The molecular weight excluding hydrogens is 238 g/mol. The Labute approximate surface area is 114 Å². The fraction of sp³-hybridized carbons (Fsp3) is 0.400. The van der Waals surface area contributed by atoms with Gasteiger partial charge in [0.2, 0.25) is 0 Å². The maximum atomic E-state index is 5.02. The summed E-state index contributed by atoms with van der Waals surface area (Å²) in [5, 5.41) is 10.6. The Morgan fingerprint density at radius 2 is 2.05 bits per heavy atom. The Morgan fingerprint density at radius 3 is 2.74 bits per heavy atom. The Bertz CT molecular complexity index is 490. The fourth-order valence-corrected chi connectivity index (χ4v) is 2.00. The van der Waals surface area contributed by atoms with Gasteiger partial charge in [-0.2, -0.15) is 5.10 Å². The van der Waals surface area contributed by atoms with Gasteiger partial charge in [-0.1, -0.05) is 31.2 Å². The normalized spacial score (nSPS) is 10.8. The van der Waals surface area contributed by atoms with Gasteiger partial charge in [-0.3, -0.25) is 5.10 Å². The number of hydrogen-bond acceptors (Lipinski definition) is 3. The van der Waals surface area contributed by atoms with E-state index in [0.29, 0.717) is 0 Å². The van der Waals surface area contributed by atoms with E-state index < -0.39 is 0 Å². The zero-order valence-electron chi connectivity index (χ0n) is 11.6.